The Hall–Kier alpha value is -2.08. The summed E-state index contributed by atoms with van der Waals surface area (Å²) in [5.41, 5.74) is 1.31. The number of hydrogen-bond acceptors (Lipinski definition) is 5. The molecule has 6 nitrogen and oxygen atoms in total. The van der Waals surface area contributed by atoms with Crippen LogP contribution in [-0.4, -0.2) is 38.9 Å². The van der Waals surface area contributed by atoms with Gasteiger partial charge in [-0.15, -0.1) is 5.10 Å². The molecule has 2 aromatic heterocycles. The van der Waals surface area contributed by atoms with Gasteiger partial charge in [-0.05, 0) is 11.6 Å². The zero-order valence-corrected chi connectivity index (χ0v) is 9.78. The molecule has 0 radical (unpaired) electrons. The number of carbonyl (C=O) groups is 1. The lowest BCUT2D eigenvalue weighted by Gasteiger charge is -2.26. The summed E-state index contributed by atoms with van der Waals surface area (Å²) in [7, 11) is 0. The summed E-state index contributed by atoms with van der Waals surface area (Å²) < 4.78 is 1.76. The van der Waals surface area contributed by atoms with Crippen molar-refractivity contribution >= 4 is 5.78 Å². The second-order valence-electron chi connectivity index (χ2n) is 4.36. The van der Waals surface area contributed by atoms with Crippen LogP contribution in [0.2, 0.25) is 0 Å². The quantitative estimate of drug-likeness (QED) is 0.779. The molecule has 0 aromatic carbocycles. The first-order valence-corrected chi connectivity index (χ1v) is 5.87. The average molecular weight is 243 g/mol. The maximum atomic E-state index is 12.0. The fourth-order valence-electron chi connectivity index (χ4n) is 1.82. The predicted octanol–water partition coefficient (Wildman–Crippen LogP) is 0.243. The highest BCUT2D eigenvalue weighted by atomic mass is 16.1. The molecule has 0 amide bonds. The molecule has 1 aliphatic heterocycles. The summed E-state index contributed by atoms with van der Waals surface area (Å²) in [4.78, 5) is 16.0. The van der Waals surface area contributed by atoms with Crippen molar-refractivity contribution in [2.24, 2.45) is 0 Å². The maximum absolute atomic E-state index is 12.0. The molecule has 18 heavy (non-hydrogen) atoms. The normalized spacial score (nSPS) is 15.3. The van der Waals surface area contributed by atoms with E-state index in [1.807, 2.05) is 12.1 Å². The summed E-state index contributed by atoms with van der Waals surface area (Å²) in [6, 6.07) is 4.03. The van der Waals surface area contributed by atoms with Crippen LogP contribution >= 0.6 is 0 Å². The van der Waals surface area contributed by atoms with Crippen LogP contribution in [0.1, 0.15) is 22.1 Å². The van der Waals surface area contributed by atoms with Gasteiger partial charge < -0.3 is 5.32 Å². The topological polar surface area (TPSA) is 72.7 Å². The fourth-order valence-corrected chi connectivity index (χ4v) is 1.82. The van der Waals surface area contributed by atoms with Gasteiger partial charge in [-0.1, -0.05) is 11.3 Å². The van der Waals surface area contributed by atoms with Crippen LogP contribution in [-0.2, 0) is 6.42 Å². The number of hydrogen-bond donors (Lipinski definition) is 1. The van der Waals surface area contributed by atoms with E-state index in [0.29, 0.717) is 18.2 Å². The third kappa shape index (κ3) is 2.14. The van der Waals surface area contributed by atoms with Gasteiger partial charge in [0, 0.05) is 31.9 Å². The number of aromatic nitrogens is 4. The zero-order chi connectivity index (χ0) is 12.4. The Kier molecular flexibility index (Phi) is 2.85. The molecule has 1 fully saturated rings. The van der Waals surface area contributed by atoms with Gasteiger partial charge in [0.1, 0.15) is 5.69 Å². The highest BCUT2D eigenvalue weighted by Crippen LogP contribution is 2.11. The van der Waals surface area contributed by atoms with Gasteiger partial charge in [-0.3, -0.25) is 9.78 Å². The maximum Gasteiger partial charge on any atom is 0.189 e. The fraction of sp³-hybridized carbons (Fsp3) is 0.333. The molecule has 0 unspecified atom stereocenters. The van der Waals surface area contributed by atoms with Crippen molar-refractivity contribution in [3.8, 4) is 0 Å². The first-order valence-electron chi connectivity index (χ1n) is 5.87. The van der Waals surface area contributed by atoms with Crippen molar-refractivity contribution in [2.45, 2.75) is 12.5 Å². The molecular formula is C12H13N5O. The van der Waals surface area contributed by atoms with Crippen LogP contribution < -0.4 is 5.32 Å². The van der Waals surface area contributed by atoms with Gasteiger partial charge in [-0.2, -0.15) is 0 Å². The van der Waals surface area contributed by atoms with Crippen LogP contribution in [0.15, 0.2) is 30.7 Å². The number of ketones is 1. The van der Waals surface area contributed by atoms with Crippen molar-refractivity contribution in [3.63, 3.8) is 0 Å². The molecule has 3 heterocycles. The van der Waals surface area contributed by atoms with Crippen LogP contribution in [0.3, 0.4) is 0 Å². The molecule has 0 spiro atoms. The Morgan fingerprint density at radius 2 is 2.39 bits per heavy atom. The number of carbonyl (C=O) groups excluding carboxylic acids is 1. The van der Waals surface area contributed by atoms with E-state index in [-0.39, 0.29) is 5.78 Å². The van der Waals surface area contributed by atoms with E-state index in [4.69, 9.17) is 0 Å². The number of rotatable bonds is 4. The number of nitrogens with zero attached hydrogens (tertiary/aromatic N) is 4. The number of nitrogens with one attached hydrogen (secondary N) is 1. The van der Waals surface area contributed by atoms with Gasteiger partial charge in [0.2, 0.25) is 0 Å². The second-order valence-corrected chi connectivity index (χ2v) is 4.36. The van der Waals surface area contributed by atoms with E-state index in [0.717, 1.165) is 18.7 Å². The molecule has 0 saturated carbocycles. The Labute approximate surface area is 104 Å². The highest BCUT2D eigenvalue weighted by Gasteiger charge is 2.21. The Morgan fingerprint density at radius 3 is 3.06 bits per heavy atom. The molecule has 0 aliphatic carbocycles. The van der Waals surface area contributed by atoms with Crippen LogP contribution in [0.25, 0.3) is 0 Å². The monoisotopic (exact) mass is 243 g/mol. The second kappa shape index (κ2) is 4.66. The molecule has 0 bridgehead atoms. The summed E-state index contributed by atoms with van der Waals surface area (Å²) >= 11 is 0. The Balaban J connectivity index is 1.70. The summed E-state index contributed by atoms with van der Waals surface area (Å²) in [6.07, 6.45) is 5.42. The smallest absolute Gasteiger partial charge is 0.189 e. The van der Waals surface area contributed by atoms with Crippen molar-refractivity contribution in [3.05, 3.63) is 42.0 Å². The zero-order valence-electron chi connectivity index (χ0n) is 9.78. The standard InChI is InChI=1S/C12H13N5O/c18-12(4-9-2-1-3-13-5-9)11-8-17(16-15-11)10-6-14-7-10/h1-3,5,8,10,14H,4,6-7H2. The lowest BCUT2D eigenvalue weighted by molar-refractivity contribution is 0.0988. The summed E-state index contributed by atoms with van der Waals surface area (Å²) in [5, 5.41) is 11.1. The van der Waals surface area contributed by atoms with E-state index >= 15 is 0 Å². The average Bonchev–Trinajstić information content (AvgIpc) is 2.77. The molecule has 6 heteroatoms. The molecule has 1 saturated heterocycles. The highest BCUT2D eigenvalue weighted by molar-refractivity contribution is 5.95. The largest absolute Gasteiger partial charge is 0.312 e. The van der Waals surface area contributed by atoms with Crippen LogP contribution in [0.5, 0.6) is 0 Å². The lowest BCUT2D eigenvalue weighted by Crippen LogP contribution is -2.43. The van der Waals surface area contributed by atoms with Crippen molar-refractivity contribution < 1.29 is 4.79 Å². The minimum absolute atomic E-state index is 0.0264. The minimum Gasteiger partial charge on any atom is -0.312 e. The molecule has 3 rings (SSSR count). The minimum atomic E-state index is -0.0264. The van der Waals surface area contributed by atoms with E-state index in [1.54, 1.807) is 23.3 Å². The number of pyridine rings is 1. The van der Waals surface area contributed by atoms with E-state index in [1.165, 1.54) is 0 Å². The van der Waals surface area contributed by atoms with Gasteiger partial charge >= 0.3 is 0 Å². The first-order chi connectivity index (χ1) is 8.83. The van der Waals surface area contributed by atoms with Crippen LogP contribution in [0, 0.1) is 0 Å². The molecule has 2 aromatic rings. The Morgan fingerprint density at radius 1 is 1.50 bits per heavy atom. The van der Waals surface area contributed by atoms with E-state index in [2.05, 4.69) is 20.6 Å². The SMILES string of the molecule is O=C(Cc1cccnc1)c1cn(C2CNC2)nn1. The summed E-state index contributed by atoms with van der Waals surface area (Å²) in [6.45, 7) is 1.78. The summed E-state index contributed by atoms with van der Waals surface area (Å²) in [5.74, 6) is -0.0264. The molecule has 92 valence electrons. The third-order valence-corrected chi connectivity index (χ3v) is 3.02. The molecule has 0 atom stereocenters. The first kappa shape index (κ1) is 11.0. The van der Waals surface area contributed by atoms with Crippen molar-refractivity contribution in [2.75, 3.05) is 13.1 Å². The van der Waals surface area contributed by atoms with Gasteiger partial charge in [0.05, 0.1) is 12.2 Å². The number of Topliss-reactive ketones (excluding diaryl/α,β-unsaturated/α-hetero) is 1. The van der Waals surface area contributed by atoms with E-state index in [9.17, 15) is 4.79 Å². The van der Waals surface area contributed by atoms with Crippen molar-refractivity contribution in [1.29, 1.82) is 0 Å². The van der Waals surface area contributed by atoms with Crippen molar-refractivity contribution in [1.82, 2.24) is 25.3 Å². The third-order valence-electron chi connectivity index (χ3n) is 3.02. The van der Waals surface area contributed by atoms with Gasteiger partial charge in [0.15, 0.2) is 5.78 Å². The van der Waals surface area contributed by atoms with Crippen LogP contribution in [0.4, 0.5) is 0 Å². The molecular weight excluding hydrogens is 230 g/mol. The Bertz CT molecular complexity index is 547. The lowest BCUT2D eigenvalue weighted by atomic mass is 10.1. The predicted molar refractivity (Wildman–Crippen MR) is 64.2 cm³/mol. The molecule has 1 N–H and O–H groups in total. The van der Waals surface area contributed by atoms with Gasteiger partial charge in [0.25, 0.3) is 0 Å². The van der Waals surface area contributed by atoms with E-state index < -0.39 is 0 Å². The van der Waals surface area contributed by atoms with Gasteiger partial charge in [-0.25, -0.2) is 4.68 Å². The molecule has 1 aliphatic rings.